The minimum absolute atomic E-state index is 0.0891. The highest BCUT2D eigenvalue weighted by atomic mass is 16.7. The van der Waals surface area contributed by atoms with Crippen molar-refractivity contribution in [3.8, 4) is 17.2 Å². The zero-order valence-corrected chi connectivity index (χ0v) is 15.7. The molecule has 1 atom stereocenters. The number of aliphatic hydroxyl groups is 1. The van der Waals surface area contributed by atoms with E-state index in [1.807, 2.05) is 6.07 Å². The highest BCUT2D eigenvalue weighted by Gasteiger charge is 2.44. The molecule has 2 aliphatic rings. The third-order valence-corrected chi connectivity index (χ3v) is 5.12. The quantitative estimate of drug-likeness (QED) is 0.733. The van der Waals surface area contributed by atoms with Gasteiger partial charge in [0.2, 0.25) is 0 Å². The largest absolute Gasteiger partial charge is 0.497 e. The average Bonchev–Trinajstić information content (AvgIpc) is 3.31. The van der Waals surface area contributed by atoms with Gasteiger partial charge in [0.25, 0.3) is 5.79 Å². The number of carbonyl (C=O) groups excluding carboxylic acids is 1. The molecular weight excluding hydrogens is 360 g/mol. The first-order valence-corrected chi connectivity index (χ1v) is 9.46. The predicted molar refractivity (Wildman–Crippen MR) is 104 cm³/mol. The second kappa shape index (κ2) is 7.59. The van der Waals surface area contributed by atoms with Crippen molar-refractivity contribution in [2.24, 2.45) is 0 Å². The number of hydrogen-bond acceptors (Lipinski definition) is 5. The molecule has 2 amide bonds. The SMILES string of the molecule is COc1ccc(C(O)CNC(=O)Nc2ccc3c(c2)OC2(CCCC2)O3)cc1. The highest BCUT2D eigenvalue weighted by molar-refractivity contribution is 5.89. The molecule has 0 aromatic heterocycles. The molecule has 1 saturated carbocycles. The molecule has 2 aromatic rings. The Kier molecular flexibility index (Phi) is 5.00. The lowest BCUT2D eigenvalue weighted by atomic mass is 10.1. The van der Waals surface area contributed by atoms with Gasteiger partial charge in [-0.05, 0) is 42.7 Å². The van der Waals surface area contributed by atoms with Crippen molar-refractivity contribution >= 4 is 11.7 Å². The van der Waals surface area contributed by atoms with E-state index in [4.69, 9.17) is 14.2 Å². The number of aliphatic hydroxyl groups excluding tert-OH is 1. The van der Waals surface area contributed by atoms with Crippen molar-refractivity contribution in [1.29, 1.82) is 0 Å². The van der Waals surface area contributed by atoms with Crippen LogP contribution in [0.1, 0.15) is 37.4 Å². The fourth-order valence-corrected chi connectivity index (χ4v) is 3.60. The Balaban J connectivity index is 1.31. The van der Waals surface area contributed by atoms with E-state index in [0.717, 1.165) is 25.7 Å². The van der Waals surface area contributed by atoms with Crippen molar-refractivity contribution in [3.05, 3.63) is 48.0 Å². The Morgan fingerprint density at radius 2 is 1.86 bits per heavy atom. The maximum Gasteiger partial charge on any atom is 0.319 e. The van der Waals surface area contributed by atoms with Gasteiger partial charge in [-0.2, -0.15) is 0 Å². The van der Waals surface area contributed by atoms with Crippen molar-refractivity contribution in [1.82, 2.24) is 5.32 Å². The first-order valence-electron chi connectivity index (χ1n) is 9.46. The number of anilines is 1. The minimum Gasteiger partial charge on any atom is -0.497 e. The molecule has 148 valence electrons. The van der Waals surface area contributed by atoms with E-state index in [-0.39, 0.29) is 6.54 Å². The third-order valence-electron chi connectivity index (χ3n) is 5.12. The molecule has 0 bridgehead atoms. The van der Waals surface area contributed by atoms with E-state index in [1.54, 1.807) is 43.5 Å². The number of benzene rings is 2. The van der Waals surface area contributed by atoms with E-state index >= 15 is 0 Å². The number of urea groups is 1. The molecule has 4 rings (SSSR count). The van der Waals surface area contributed by atoms with Gasteiger partial charge in [0.15, 0.2) is 11.5 Å². The number of ether oxygens (including phenoxy) is 3. The monoisotopic (exact) mass is 384 g/mol. The van der Waals surface area contributed by atoms with E-state index in [0.29, 0.717) is 28.5 Å². The Morgan fingerprint density at radius 3 is 2.57 bits per heavy atom. The molecule has 0 radical (unpaired) electrons. The third kappa shape index (κ3) is 3.84. The van der Waals surface area contributed by atoms with Crippen LogP contribution in [-0.2, 0) is 0 Å². The van der Waals surface area contributed by atoms with Gasteiger partial charge in [0.1, 0.15) is 5.75 Å². The summed E-state index contributed by atoms with van der Waals surface area (Å²) in [6.45, 7) is 0.0891. The van der Waals surface area contributed by atoms with E-state index in [2.05, 4.69) is 10.6 Å². The van der Waals surface area contributed by atoms with Crippen molar-refractivity contribution in [2.45, 2.75) is 37.6 Å². The molecule has 1 fully saturated rings. The smallest absolute Gasteiger partial charge is 0.319 e. The maximum atomic E-state index is 12.2. The normalized spacial score (nSPS) is 17.4. The Labute approximate surface area is 163 Å². The summed E-state index contributed by atoms with van der Waals surface area (Å²) in [6.07, 6.45) is 3.15. The van der Waals surface area contributed by atoms with Gasteiger partial charge in [-0.15, -0.1) is 0 Å². The molecule has 1 aliphatic heterocycles. The number of methoxy groups -OCH3 is 1. The van der Waals surface area contributed by atoms with Crippen LogP contribution in [0.4, 0.5) is 10.5 Å². The fraction of sp³-hybridized carbons (Fsp3) is 0.381. The number of fused-ring (bicyclic) bond motifs is 1. The zero-order chi connectivity index (χ0) is 19.6. The summed E-state index contributed by atoms with van der Waals surface area (Å²) >= 11 is 0. The van der Waals surface area contributed by atoms with Crippen LogP contribution in [0.3, 0.4) is 0 Å². The van der Waals surface area contributed by atoms with Crippen LogP contribution >= 0.6 is 0 Å². The summed E-state index contributed by atoms with van der Waals surface area (Å²) in [5.74, 6) is 1.55. The predicted octanol–water partition coefficient (Wildman–Crippen LogP) is 3.59. The summed E-state index contributed by atoms with van der Waals surface area (Å²) in [4.78, 5) is 12.2. The summed E-state index contributed by atoms with van der Waals surface area (Å²) in [5, 5.41) is 15.7. The van der Waals surface area contributed by atoms with Gasteiger partial charge in [-0.25, -0.2) is 4.79 Å². The lowest BCUT2D eigenvalue weighted by Gasteiger charge is -2.21. The second-order valence-corrected chi connectivity index (χ2v) is 7.11. The Bertz CT molecular complexity index is 846. The van der Waals surface area contributed by atoms with E-state index in [9.17, 15) is 9.90 Å². The van der Waals surface area contributed by atoms with Crippen molar-refractivity contribution < 1.29 is 24.1 Å². The maximum absolute atomic E-state index is 12.2. The lowest BCUT2D eigenvalue weighted by molar-refractivity contribution is -0.0716. The molecule has 1 spiro atoms. The summed E-state index contributed by atoms with van der Waals surface area (Å²) < 4.78 is 17.1. The second-order valence-electron chi connectivity index (χ2n) is 7.11. The number of amides is 2. The van der Waals surface area contributed by atoms with Crippen molar-refractivity contribution in [3.63, 3.8) is 0 Å². The van der Waals surface area contributed by atoms with Crippen molar-refractivity contribution in [2.75, 3.05) is 19.0 Å². The van der Waals surface area contributed by atoms with E-state index < -0.39 is 17.9 Å². The van der Waals surface area contributed by atoms with Crippen LogP contribution in [0.25, 0.3) is 0 Å². The van der Waals surface area contributed by atoms with E-state index in [1.165, 1.54) is 0 Å². The van der Waals surface area contributed by atoms with Gasteiger partial charge in [0, 0.05) is 31.1 Å². The van der Waals surface area contributed by atoms with Gasteiger partial charge in [0.05, 0.1) is 13.2 Å². The van der Waals surface area contributed by atoms with Gasteiger partial charge in [-0.1, -0.05) is 12.1 Å². The van der Waals surface area contributed by atoms with Gasteiger partial charge >= 0.3 is 6.03 Å². The van der Waals surface area contributed by atoms with Crippen LogP contribution in [0, 0.1) is 0 Å². The zero-order valence-electron chi connectivity index (χ0n) is 15.7. The van der Waals surface area contributed by atoms with Crippen LogP contribution < -0.4 is 24.8 Å². The summed E-state index contributed by atoms with van der Waals surface area (Å²) in [6, 6.07) is 12.0. The molecule has 1 unspecified atom stereocenters. The van der Waals surface area contributed by atoms with Gasteiger partial charge in [-0.3, -0.25) is 0 Å². The van der Waals surface area contributed by atoms with Crippen LogP contribution in [0.15, 0.2) is 42.5 Å². The van der Waals surface area contributed by atoms with Crippen LogP contribution in [0.2, 0.25) is 0 Å². The topological polar surface area (TPSA) is 89.1 Å². The number of carbonyl (C=O) groups is 1. The standard InChI is InChI=1S/C21H24N2O5/c1-26-16-7-4-14(5-8-16)17(24)13-22-20(25)23-15-6-9-18-19(12-15)28-21(27-18)10-2-3-11-21/h4-9,12,17,24H,2-3,10-11,13H2,1H3,(H2,22,23,25). The summed E-state index contributed by atoms with van der Waals surface area (Å²) in [5.41, 5.74) is 1.31. The molecular formula is C21H24N2O5. The molecule has 7 heteroatoms. The van der Waals surface area contributed by atoms with Crippen LogP contribution in [0.5, 0.6) is 17.2 Å². The molecule has 2 aromatic carbocycles. The summed E-state index contributed by atoms with van der Waals surface area (Å²) in [7, 11) is 1.58. The van der Waals surface area contributed by atoms with Gasteiger partial charge < -0.3 is 30.0 Å². The molecule has 7 nitrogen and oxygen atoms in total. The first kappa shape index (κ1) is 18.4. The molecule has 3 N–H and O–H groups in total. The fourth-order valence-electron chi connectivity index (χ4n) is 3.60. The average molecular weight is 384 g/mol. The lowest BCUT2D eigenvalue weighted by Crippen LogP contribution is -2.34. The molecule has 1 heterocycles. The number of nitrogens with one attached hydrogen (secondary N) is 2. The Hall–Kier alpha value is -2.93. The molecule has 1 aliphatic carbocycles. The van der Waals surface area contributed by atoms with Crippen LogP contribution in [-0.4, -0.2) is 30.6 Å². The number of rotatable bonds is 5. The Morgan fingerprint density at radius 1 is 1.14 bits per heavy atom. The molecule has 28 heavy (non-hydrogen) atoms. The molecule has 0 saturated heterocycles. The highest BCUT2D eigenvalue weighted by Crippen LogP contribution is 2.47. The number of hydrogen-bond donors (Lipinski definition) is 3. The first-order chi connectivity index (χ1) is 13.6. The minimum atomic E-state index is -0.810.